The third kappa shape index (κ3) is 5.62. The van der Waals surface area contributed by atoms with E-state index in [1.54, 1.807) is 0 Å². The molecule has 0 saturated carbocycles. The lowest BCUT2D eigenvalue weighted by Crippen LogP contribution is -2.33. The lowest BCUT2D eigenvalue weighted by atomic mass is 10.0. The van der Waals surface area contributed by atoms with E-state index in [9.17, 15) is 9.59 Å². The Morgan fingerprint density at radius 3 is 2.23 bits per heavy atom. The fraction of sp³-hybridized carbons (Fsp3) is 0.312. The molecule has 0 bridgehead atoms. The Morgan fingerprint density at radius 1 is 0.795 bits per heavy atom. The normalized spacial score (nSPS) is 11.8. The first-order valence-corrected chi connectivity index (χ1v) is 14.3. The molecule has 0 radical (unpaired) electrons. The third-order valence-electron chi connectivity index (χ3n) is 7.13. The molecule has 202 valence electrons. The molecular formula is C32H36N4O2S. The van der Waals surface area contributed by atoms with Gasteiger partial charge >= 0.3 is 0 Å². The van der Waals surface area contributed by atoms with E-state index in [-0.39, 0.29) is 11.5 Å². The van der Waals surface area contributed by atoms with Crippen LogP contribution in [0.1, 0.15) is 23.2 Å². The highest BCUT2D eigenvalue weighted by atomic mass is 32.1. The monoisotopic (exact) mass is 540 g/mol. The maximum absolute atomic E-state index is 13.8. The number of rotatable bonds is 10. The fourth-order valence-corrected chi connectivity index (χ4v) is 6.43. The van der Waals surface area contributed by atoms with Crippen molar-refractivity contribution < 1.29 is 4.79 Å². The molecule has 0 fully saturated rings. The zero-order valence-corrected chi connectivity index (χ0v) is 24.0. The molecule has 0 saturated heterocycles. The van der Waals surface area contributed by atoms with Crippen molar-refractivity contribution in [3.8, 4) is 0 Å². The van der Waals surface area contributed by atoms with Crippen LogP contribution in [0, 0.1) is 0 Å². The molecule has 2 heterocycles. The van der Waals surface area contributed by atoms with E-state index in [0.717, 1.165) is 62.7 Å². The maximum atomic E-state index is 13.8. The minimum atomic E-state index is -0.0229. The molecule has 3 aromatic carbocycles. The number of aromatic nitrogens is 1. The Morgan fingerprint density at radius 2 is 1.49 bits per heavy atom. The van der Waals surface area contributed by atoms with Crippen LogP contribution >= 0.6 is 11.3 Å². The number of anilines is 1. The quantitative estimate of drug-likeness (QED) is 0.221. The van der Waals surface area contributed by atoms with Gasteiger partial charge in [-0.2, -0.15) is 0 Å². The Labute approximate surface area is 233 Å². The van der Waals surface area contributed by atoms with Crippen molar-refractivity contribution in [2.24, 2.45) is 0 Å². The molecule has 0 aliphatic heterocycles. The van der Waals surface area contributed by atoms with Gasteiger partial charge in [-0.15, -0.1) is 11.3 Å². The van der Waals surface area contributed by atoms with E-state index in [2.05, 4.69) is 30.0 Å². The van der Waals surface area contributed by atoms with Crippen LogP contribution in [0.25, 0.3) is 31.1 Å². The van der Waals surface area contributed by atoms with E-state index in [1.165, 1.54) is 11.3 Å². The Kier molecular flexibility index (Phi) is 8.12. The van der Waals surface area contributed by atoms with Crippen LogP contribution < -0.4 is 10.5 Å². The summed E-state index contributed by atoms with van der Waals surface area (Å²) in [4.78, 5) is 33.7. The molecule has 5 rings (SSSR count). The highest BCUT2D eigenvalue weighted by molar-refractivity contribution is 7.26. The molecule has 0 spiro atoms. The largest absolute Gasteiger partial charge is 0.309 e. The van der Waals surface area contributed by atoms with E-state index < -0.39 is 0 Å². The highest BCUT2D eigenvalue weighted by Crippen LogP contribution is 2.37. The van der Waals surface area contributed by atoms with Gasteiger partial charge in [0.1, 0.15) is 4.70 Å². The highest BCUT2D eigenvalue weighted by Gasteiger charge is 2.21. The Balaban J connectivity index is 1.58. The van der Waals surface area contributed by atoms with Gasteiger partial charge in [-0.3, -0.25) is 9.59 Å². The summed E-state index contributed by atoms with van der Waals surface area (Å²) in [6, 6.07) is 23.9. The number of thiophene rings is 1. The summed E-state index contributed by atoms with van der Waals surface area (Å²) in [5.41, 5.74) is 2.54. The summed E-state index contributed by atoms with van der Waals surface area (Å²) < 4.78 is 3.64. The van der Waals surface area contributed by atoms with Crippen molar-refractivity contribution in [2.45, 2.75) is 19.4 Å². The van der Waals surface area contributed by atoms with Gasteiger partial charge in [0.05, 0.1) is 5.52 Å². The van der Waals surface area contributed by atoms with E-state index in [0.29, 0.717) is 18.7 Å². The number of hydrogen-bond acceptors (Lipinski definition) is 5. The molecule has 0 atom stereocenters. The van der Waals surface area contributed by atoms with Gasteiger partial charge in [0.25, 0.3) is 11.5 Å². The standard InChI is InChI=1S/C32H36N4O2S/c1-33(2)18-10-20-35(24-12-6-5-7-13-24)31(37)23-16-17-26-28(22-23)39-30-29(26)25-14-8-9-15-27(25)36(32(30)38)21-11-19-34(3)4/h5-9,12-17,22H,10-11,18-21H2,1-4H3. The lowest BCUT2D eigenvalue weighted by Gasteiger charge is -2.24. The molecule has 0 unspecified atom stereocenters. The van der Waals surface area contributed by atoms with E-state index in [1.807, 2.05) is 90.3 Å². The first-order chi connectivity index (χ1) is 18.8. The minimum absolute atomic E-state index is 0.0229. The summed E-state index contributed by atoms with van der Waals surface area (Å²) in [7, 11) is 8.19. The van der Waals surface area contributed by atoms with Crippen LogP contribution in [0.3, 0.4) is 0 Å². The summed E-state index contributed by atoms with van der Waals surface area (Å²) in [5.74, 6) is -0.0229. The lowest BCUT2D eigenvalue weighted by molar-refractivity contribution is 0.0986. The van der Waals surface area contributed by atoms with Crippen molar-refractivity contribution in [1.82, 2.24) is 14.4 Å². The molecule has 7 heteroatoms. The molecule has 0 N–H and O–H groups in total. The first kappa shape index (κ1) is 27.1. The Hall–Kier alpha value is -3.52. The van der Waals surface area contributed by atoms with Gasteiger partial charge in [-0.25, -0.2) is 0 Å². The number of aryl methyl sites for hydroxylation is 1. The molecule has 0 aliphatic rings. The molecule has 2 aromatic heterocycles. The predicted molar refractivity (Wildman–Crippen MR) is 166 cm³/mol. The van der Waals surface area contributed by atoms with Gasteiger partial charge in [0.15, 0.2) is 0 Å². The molecule has 5 aromatic rings. The van der Waals surface area contributed by atoms with Crippen molar-refractivity contribution in [3.05, 3.63) is 88.7 Å². The average Bonchev–Trinajstić information content (AvgIpc) is 3.32. The number of benzene rings is 3. The number of amides is 1. The molecular weight excluding hydrogens is 504 g/mol. The van der Waals surface area contributed by atoms with Gasteiger partial charge in [-0.1, -0.05) is 42.5 Å². The smallest absolute Gasteiger partial charge is 0.269 e. The molecule has 39 heavy (non-hydrogen) atoms. The topological polar surface area (TPSA) is 48.8 Å². The minimum Gasteiger partial charge on any atom is -0.309 e. The van der Waals surface area contributed by atoms with Crippen LogP contribution in [0.5, 0.6) is 0 Å². The van der Waals surface area contributed by atoms with Gasteiger partial charge in [0.2, 0.25) is 0 Å². The average molecular weight is 541 g/mol. The second-order valence-corrected chi connectivity index (χ2v) is 11.6. The van der Waals surface area contributed by atoms with E-state index in [4.69, 9.17) is 0 Å². The maximum Gasteiger partial charge on any atom is 0.269 e. The van der Waals surface area contributed by atoms with Crippen molar-refractivity contribution >= 4 is 54.0 Å². The fourth-order valence-electron chi connectivity index (χ4n) is 5.22. The van der Waals surface area contributed by atoms with Gasteiger partial charge in [0, 0.05) is 45.2 Å². The van der Waals surface area contributed by atoms with E-state index >= 15 is 0 Å². The van der Waals surface area contributed by atoms with Crippen LogP contribution in [0.4, 0.5) is 5.69 Å². The number of para-hydroxylation sites is 2. The van der Waals surface area contributed by atoms with Crippen LogP contribution in [-0.4, -0.2) is 68.1 Å². The van der Waals surface area contributed by atoms with Crippen LogP contribution in [0.15, 0.2) is 77.6 Å². The van der Waals surface area contributed by atoms with Crippen molar-refractivity contribution in [2.75, 3.05) is 52.7 Å². The van der Waals surface area contributed by atoms with Crippen LogP contribution in [0.2, 0.25) is 0 Å². The number of carbonyl (C=O) groups excluding carboxylic acids is 1. The van der Waals surface area contributed by atoms with Crippen LogP contribution in [-0.2, 0) is 6.54 Å². The second kappa shape index (κ2) is 11.7. The zero-order valence-electron chi connectivity index (χ0n) is 23.2. The summed E-state index contributed by atoms with van der Waals surface area (Å²) in [6.45, 7) is 3.13. The second-order valence-electron chi connectivity index (χ2n) is 10.6. The number of fused-ring (bicyclic) bond motifs is 5. The Bertz CT molecular complexity index is 1670. The first-order valence-electron chi connectivity index (χ1n) is 13.5. The summed E-state index contributed by atoms with van der Waals surface area (Å²) in [6.07, 6.45) is 1.77. The van der Waals surface area contributed by atoms with Gasteiger partial charge < -0.3 is 19.3 Å². The van der Waals surface area contributed by atoms with Gasteiger partial charge in [-0.05, 0) is 84.5 Å². The number of hydrogen-bond donors (Lipinski definition) is 0. The van der Waals surface area contributed by atoms with Crippen molar-refractivity contribution in [3.63, 3.8) is 0 Å². The number of carbonyl (C=O) groups is 1. The number of nitrogens with zero attached hydrogens (tertiary/aromatic N) is 4. The number of pyridine rings is 1. The molecule has 0 aliphatic carbocycles. The molecule has 1 amide bonds. The van der Waals surface area contributed by atoms with Crippen molar-refractivity contribution in [1.29, 1.82) is 0 Å². The SMILES string of the molecule is CN(C)CCCN(C(=O)c1ccc2c(c1)sc1c(=O)n(CCCN(C)C)c3ccccc3c12)c1ccccc1. The summed E-state index contributed by atoms with van der Waals surface area (Å²) >= 11 is 1.50. The molecule has 6 nitrogen and oxygen atoms in total. The zero-order chi connectivity index (χ0) is 27.5. The third-order valence-corrected chi connectivity index (χ3v) is 8.27. The predicted octanol–water partition coefficient (Wildman–Crippen LogP) is 5.92. The summed E-state index contributed by atoms with van der Waals surface area (Å²) in [5, 5.41) is 3.10.